The molecular formula is C20H15Cl2N3O. The van der Waals surface area contributed by atoms with Gasteiger partial charge in [0.05, 0.1) is 0 Å². The maximum Gasteiger partial charge on any atom is 0.166 e. The Bertz CT molecular complexity index is 1070. The van der Waals surface area contributed by atoms with E-state index < -0.39 is 0 Å². The van der Waals surface area contributed by atoms with Crippen LogP contribution in [-0.4, -0.2) is 9.97 Å². The van der Waals surface area contributed by atoms with Crippen LogP contribution >= 0.6 is 23.2 Å². The number of pyridine rings is 1. The fraction of sp³-hybridized carbons (Fsp3) is 0.0500. The van der Waals surface area contributed by atoms with E-state index in [4.69, 9.17) is 33.7 Å². The number of nitrogens with zero attached hydrogens (tertiary/aromatic N) is 1. The van der Waals surface area contributed by atoms with Crippen LogP contribution in [0.25, 0.3) is 22.0 Å². The minimum absolute atomic E-state index is 0.211. The molecule has 2 aromatic heterocycles. The molecule has 4 rings (SSSR count). The van der Waals surface area contributed by atoms with Crippen LogP contribution < -0.4 is 10.5 Å². The molecule has 4 aromatic rings. The molecule has 2 heterocycles. The first-order valence-electron chi connectivity index (χ1n) is 8.01. The van der Waals surface area contributed by atoms with E-state index in [0.29, 0.717) is 27.2 Å². The van der Waals surface area contributed by atoms with Crippen molar-refractivity contribution in [2.45, 2.75) is 6.61 Å². The van der Waals surface area contributed by atoms with E-state index >= 15 is 0 Å². The van der Waals surface area contributed by atoms with Crippen molar-refractivity contribution < 1.29 is 4.74 Å². The van der Waals surface area contributed by atoms with Gasteiger partial charge >= 0.3 is 0 Å². The van der Waals surface area contributed by atoms with Crippen molar-refractivity contribution in [3.05, 3.63) is 76.5 Å². The summed E-state index contributed by atoms with van der Waals surface area (Å²) < 4.78 is 5.88. The molecule has 26 heavy (non-hydrogen) atoms. The fourth-order valence-electron chi connectivity index (χ4n) is 2.88. The Hall–Kier alpha value is -2.69. The zero-order valence-corrected chi connectivity index (χ0v) is 15.2. The van der Waals surface area contributed by atoms with Crippen molar-refractivity contribution in [2.75, 3.05) is 5.73 Å². The van der Waals surface area contributed by atoms with Crippen LogP contribution in [0.15, 0.2) is 60.9 Å². The van der Waals surface area contributed by atoms with Crippen molar-refractivity contribution in [1.29, 1.82) is 0 Å². The van der Waals surface area contributed by atoms with Gasteiger partial charge in [0, 0.05) is 44.5 Å². The van der Waals surface area contributed by atoms with Gasteiger partial charge in [-0.3, -0.25) is 0 Å². The molecule has 2 aromatic carbocycles. The number of halogens is 2. The van der Waals surface area contributed by atoms with Gasteiger partial charge in [-0.2, -0.15) is 0 Å². The van der Waals surface area contributed by atoms with Crippen LogP contribution in [-0.2, 0) is 6.61 Å². The highest BCUT2D eigenvalue weighted by Gasteiger charge is 2.11. The Morgan fingerprint density at radius 3 is 2.62 bits per heavy atom. The van der Waals surface area contributed by atoms with Crippen LogP contribution in [0, 0.1) is 0 Å². The van der Waals surface area contributed by atoms with Gasteiger partial charge in [-0.15, -0.1) is 0 Å². The summed E-state index contributed by atoms with van der Waals surface area (Å²) in [7, 11) is 0. The summed E-state index contributed by atoms with van der Waals surface area (Å²) in [5.74, 6) is 0.809. The minimum Gasteiger partial charge on any atom is -0.485 e. The quantitative estimate of drug-likeness (QED) is 0.475. The molecule has 0 radical (unpaired) electrons. The van der Waals surface area contributed by atoms with E-state index in [9.17, 15) is 0 Å². The number of rotatable bonds is 4. The summed E-state index contributed by atoms with van der Waals surface area (Å²) in [5.41, 5.74) is 9.74. The smallest absolute Gasteiger partial charge is 0.166 e. The molecule has 0 aliphatic heterocycles. The lowest BCUT2D eigenvalue weighted by atomic mass is 10.0. The van der Waals surface area contributed by atoms with Gasteiger partial charge in [-0.1, -0.05) is 41.4 Å². The summed E-state index contributed by atoms with van der Waals surface area (Å²) in [5, 5.41) is 2.22. The molecular weight excluding hydrogens is 369 g/mol. The molecule has 0 aliphatic rings. The molecule has 0 spiro atoms. The number of ether oxygens (including phenoxy) is 1. The maximum atomic E-state index is 6.20. The van der Waals surface area contributed by atoms with Crippen LogP contribution in [0.3, 0.4) is 0 Å². The molecule has 0 bridgehead atoms. The molecule has 0 saturated heterocycles. The Labute approximate surface area is 160 Å². The third-order valence-corrected chi connectivity index (χ3v) is 4.93. The van der Waals surface area contributed by atoms with Crippen molar-refractivity contribution >= 4 is 39.9 Å². The molecule has 0 atom stereocenters. The number of aromatic nitrogens is 2. The van der Waals surface area contributed by atoms with Crippen molar-refractivity contribution in [3.63, 3.8) is 0 Å². The number of hydrogen-bond donors (Lipinski definition) is 2. The van der Waals surface area contributed by atoms with Gasteiger partial charge in [0.25, 0.3) is 0 Å². The van der Waals surface area contributed by atoms with Gasteiger partial charge in [0.1, 0.15) is 6.61 Å². The summed E-state index contributed by atoms with van der Waals surface area (Å²) in [4.78, 5) is 7.49. The number of H-pyrrole nitrogens is 1. The highest BCUT2D eigenvalue weighted by molar-refractivity contribution is 6.35. The highest BCUT2D eigenvalue weighted by atomic mass is 35.5. The van der Waals surface area contributed by atoms with Gasteiger partial charge in [0.15, 0.2) is 11.6 Å². The average molecular weight is 384 g/mol. The van der Waals surface area contributed by atoms with Crippen LogP contribution in [0.1, 0.15) is 5.56 Å². The average Bonchev–Trinajstić information content (AvgIpc) is 3.11. The second-order valence-corrected chi connectivity index (χ2v) is 6.66. The Balaban J connectivity index is 1.68. The van der Waals surface area contributed by atoms with Crippen molar-refractivity contribution in [2.24, 2.45) is 0 Å². The van der Waals surface area contributed by atoms with Crippen LogP contribution in [0.5, 0.6) is 5.75 Å². The summed E-state index contributed by atoms with van der Waals surface area (Å²) >= 11 is 12.4. The number of anilines is 1. The van der Waals surface area contributed by atoms with Crippen molar-refractivity contribution in [3.8, 4) is 16.9 Å². The lowest BCUT2D eigenvalue weighted by Gasteiger charge is -2.12. The first-order valence-corrected chi connectivity index (χ1v) is 8.77. The Kier molecular flexibility index (Phi) is 4.45. The maximum absolute atomic E-state index is 6.20. The summed E-state index contributed by atoms with van der Waals surface area (Å²) in [6, 6.07) is 15.3. The number of benzene rings is 2. The van der Waals surface area contributed by atoms with Gasteiger partial charge in [-0.25, -0.2) is 4.98 Å². The fourth-order valence-corrected chi connectivity index (χ4v) is 3.38. The molecule has 0 saturated carbocycles. The molecule has 3 N–H and O–H groups in total. The number of fused-ring (bicyclic) bond motifs is 1. The van der Waals surface area contributed by atoms with Crippen LogP contribution in [0.2, 0.25) is 10.0 Å². The molecule has 0 fully saturated rings. The third-order valence-electron chi connectivity index (χ3n) is 4.22. The van der Waals surface area contributed by atoms with E-state index in [2.05, 4.69) is 9.97 Å². The van der Waals surface area contributed by atoms with Gasteiger partial charge in [-0.05, 0) is 35.9 Å². The SMILES string of the molecule is Nc1ncc(-c2cccc3[nH]ccc23)cc1OCc1c(Cl)cccc1Cl. The van der Waals surface area contributed by atoms with Gasteiger partial charge in [0.2, 0.25) is 0 Å². The van der Waals surface area contributed by atoms with E-state index in [1.807, 2.05) is 36.5 Å². The number of nitrogen functional groups attached to an aromatic ring is 1. The van der Waals surface area contributed by atoms with Crippen LogP contribution in [0.4, 0.5) is 5.82 Å². The molecule has 0 aliphatic carbocycles. The molecule has 6 heteroatoms. The molecule has 4 nitrogen and oxygen atoms in total. The van der Waals surface area contributed by atoms with E-state index in [1.54, 1.807) is 24.4 Å². The van der Waals surface area contributed by atoms with E-state index in [0.717, 1.165) is 22.0 Å². The van der Waals surface area contributed by atoms with E-state index in [1.165, 1.54) is 0 Å². The minimum atomic E-state index is 0.211. The number of aromatic amines is 1. The normalized spacial score (nSPS) is 11.0. The second-order valence-electron chi connectivity index (χ2n) is 5.84. The number of hydrogen-bond acceptors (Lipinski definition) is 3. The van der Waals surface area contributed by atoms with Crippen molar-refractivity contribution in [1.82, 2.24) is 9.97 Å². The molecule has 0 amide bonds. The Morgan fingerprint density at radius 1 is 1.04 bits per heavy atom. The number of nitrogens with one attached hydrogen (secondary N) is 1. The lowest BCUT2D eigenvalue weighted by molar-refractivity contribution is 0.307. The Morgan fingerprint density at radius 2 is 1.81 bits per heavy atom. The summed E-state index contributed by atoms with van der Waals surface area (Å²) in [6.07, 6.45) is 3.65. The monoisotopic (exact) mass is 383 g/mol. The predicted octanol–water partition coefficient (Wildman–Crippen LogP) is 5.70. The largest absolute Gasteiger partial charge is 0.485 e. The second kappa shape index (κ2) is 6.90. The highest BCUT2D eigenvalue weighted by Crippen LogP contribution is 2.33. The lowest BCUT2D eigenvalue weighted by Crippen LogP contribution is -2.02. The first kappa shape index (κ1) is 16.8. The zero-order chi connectivity index (χ0) is 18.1. The number of nitrogens with two attached hydrogens (primary N) is 1. The predicted molar refractivity (Wildman–Crippen MR) is 107 cm³/mol. The third kappa shape index (κ3) is 3.09. The van der Waals surface area contributed by atoms with Gasteiger partial charge < -0.3 is 15.5 Å². The standard InChI is InChI=1S/C20H15Cl2N3O/c21-16-4-2-5-17(22)15(16)11-26-19-9-12(10-25-20(19)23)13-3-1-6-18-14(13)7-8-24-18/h1-10,24H,11H2,(H2,23,25). The zero-order valence-electron chi connectivity index (χ0n) is 13.7. The first-order chi connectivity index (χ1) is 12.6. The molecule has 0 unspecified atom stereocenters. The van der Waals surface area contributed by atoms with E-state index in [-0.39, 0.29) is 6.61 Å². The topological polar surface area (TPSA) is 63.9 Å². The summed E-state index contributed by atoms with van der Waals surface area (Å²) in [6.45, 7) is 0.211. The molecule has 130 valence electrons.